The summed E-state index contributed by atoms with van der Waals surface area (Å²) in [5.41, 5.74) is 0.825. The van der Waals surface area contributed by atoms with Crippen LogP contribution in [0.1, 0.15) is 31.9 Å². The summed E-state index contributed by atoms with van der Waals surface area (Å²) in [5.74, 6) is -0.119. The van der Waals surface area contributed by atoms with Gasteiger partial charge < -0.3 is 10.2 Å². The highest BCUT2D eigenvalue weighted by Gasteiger charge is 2.39. The van der Waals surface area contributed by atoms with Gasteiger partial charge in [-0.2, -0.15) is 0 Å². The van der Waals surface area contributed by atoms with Gasteiger partial charge in [-0.3, -0.25) is 9.59 Å². The van der Waals surface area contributed by atoms with Crippen molar-refractivity contribution in [2.24, 2.45) is 0 Å². The van der Waals surface area contributed by atoms with Crippen LogP contribution in [0.4, 0.5) is 0 Å². The average Bonchev–Trinajstić information content (AvgIpc) is 2.48. The van der Waals surface area contributed by atoms with Crippen LogP contribution in [0.3, 0.4) is 0 Å². The fourth-order valence-corrected chi connectivity index (χ4v) is 2.47. The predicted octanol–water partition coefficient (Wildman–Crippen LogP) is 2.04. The second-order valence-corrected chi connectivity index (χ2v) is 4.84. The van der Waals surface area contributed by atoms with Gasteiger partial charge in [-0.25, -0.2) is 0 Å². The summed E-state index contributed by atoms with van der Waals surface area (Å²) in [5, 5.41) is 2.84. The third-order valence-corrected chi connectivity index (χ3v) is 3.55. The van der Waals surface area contributed by atoms with Crippen LogP contribution in [0, 0.1) is 0 Å². The van der Waals surface area contributed by atoms with Gasteiger partial charge in [0.25, 0.3) is 5.91 Å². The second-order valence-electron chi connectivity index (χ2n) is 4.84. The minimum Gasteiger partial charge on any atom is -0.339 e. The molecule has 2 amide bonds. The molecule has 4 nitrogen and oxygen atoms in total. The zero-order valence-corrected chi connectivity index (χ0v) is 11.9. The van der Waals surface area contributed by atoms with E-state index in [1.807, 2.05) is 56.3 Å². The van der Waals surface area contributed by atoms with Gasteiger partial charge >= 0.3 is 0 Å². The van der Waals surface area contributed by atoms with Crippen molar-refractivity contribution < 1.29 is 9.59 Å². The second kappa shape index (κ2) is 6.37. The number of nitrogens with one attached hydrogen (secondary N) is 1. The van der Waals surface area contributed by atoms with Gasteiger partial charge in [-0.05, 0) is 18.9 Å². The number of carbonyl (C=O) groups excluding carboxylic acids is 2. The number of allylic oxidation sites excluding steroid dienone is 1. The molecule has 1 saturated heterocycles. The molecule has 0 aliphatic carbocycles. The molecule has 1 heterocycles. The monoisotopic (exact) mass is 272 g/mol. The quantitative estimate of drug-likeness (QED) is 0.853. The number of amides is 2. The van der Waals surface area contributed by atoms with Crippen LogP contribution in [-0.4, -0.2) is 29.3 Å². The molecular weight excluding hydrogens is 252 g/mol. The molecule has 0 bridgehead atoms. The Labute approximate surface area is 119 Å². The maximum atomic E-state index is 12.6. The first kappa shape index (κ1) is 14.3. The number of hydrogen-bond acceptors (Lipinski definition) is 2. The van der Waals surface area contributed by atoms with E-state index >= 15 is 0 Å². The third kappa shape index (κ3) is 2.74. The molecule has 1 aliphatic heterocycles. The topological polar surface area (TPSA) is 49.4 Å². The van der Waals surface area contributed by atoms with Crippen molar-refractivity contribution in [3.63, 3.8) is 0 Å². The summed E-state index contributed by atoms with van der Waals surface area (Å²) in [6.45, 7) is 4.30. The van der Waals surface area contributed by atoms with Gasteiger partial charge in [-0.15, -0.1) is 0 Å². The highest BCUT2D eigenvalue weighted by Crippen LogP contribution is 2.23. The van der Waals surface area contributed by atoms with Crippen molar-refractivity contribution in [3.8, 4) is 0 Å². The molecule has 2 rings (SSSR count). The van der Waals surface area contributed by atoms with Gasteiger partial charge in [0.15, 0.2) is 0 Å². The minimum absolute atomic E-state index is 0.0410. The number of rotatable bonds is 4. The van der Waals surface area contributed by atoms with Gasteiger partial charge in [-0.1, -0.05) is 49.4 Å². The molecule has 1 aromatic carbocycles. The van der Waals surface area contributed by atoms with Crippen LogP contribution in [0.25, 0.3) is 0 Å². The number of hydrogen-bond donors (Lipinski definition) is 1. The Morgan fingerprint density at radius 3 is 2.55 bits per heavy atom. The number of nitrogens with zero attached hydrogens (tertiary/aromatic N) is 1. The molecule has 1 aromatic rings. The van der Waals surface area contributed by atoms with E-state index < -0.39 is 6.04 Å². The first-order chi connectivity index (χ1) is 9.69. The zero-order chi connectivity index (χ0) is 14.5. The van der Waals surface area contributed by atoms with E-state index in [1.165, 1.54) is 0 Å². The first-order valence-electron chi connectivity index (χ1n) is 6.96. The van der Waals surface area contributed by atoms with E-state index in [0.29, 0.717) is 13.0 Å². The Kier molecular flexibility index (Phi) is 4.56. The standard InChI is InChI=1S/C16H20N2O2/c1-3-5-11-18-13(4-2)15(19)17-14(16(18)20)12-9-7-6-8-10-12/h3,5-10,13-14H,4,11H2,1-2H3,(H,17,19)/b5-3+. The number of piperazine rings is 1. The first-order valence-corrected chi connectivity index (χ1v) is 6.96. The maximum absolute atomic E-state index is 12.6. The zero-order valence-electron chi connectivity index (χ0n) is 11.9. The number of carbonyl (C=O) groups is 2. The van der Waals surface area contributed by atoms with Crippen molar-refractivity contribution >= 4 is 11.8 Å². The largest absolute Gasteiger partial charge is 0.339 e. The summed E-state index contributed by atoms with van der Waals surface area (Å²) < 4.78 is 0. The van der Waals surface area contributed by atoms with Crippen LogP contribution in [0.5, 0.6) is 0 Å². The molecule has 0 aromatic heterocycles. The summed E-state index contributed by atoms with van der Waals surface area (Å²) >= 11 is 0. The molecule has 0 spiro atoms. The normalized spacial score (nSPS) is 23.2. The molecule has 106 valence electrons. The molecule has 1 N–H and O–H groups in total. The van der Waals surface area contributed by atoms with E-state index in [9.17, 15) is 9.59 Å². The Bertz CT molecular complexity index is 510. The Morgan fingerprint density at radius 1 is 1.25 bits per heavy atom. The molecule has 20 heavy (non-hydrogen) atoms. The van der Waals surface area contributed by atoms with Gasteiger partial charge in [0.2, 0.25) is 5.91 Å². The molecule has 1 fully saturated rings. The fourth-order valence-electron chi connectivity index (χ4n) is 2.47. The molecule has 2 unspecified atom stereocenters. The van der Waals surface area contributed by atoms with E-state index in [2.05, 4.69) is 5.32 Å². The van der Waals surface area contributed by atoms with Crippen molar-refractivity contribution in [1.29, 1.82) is 0 Å². The summed E-state index contributed by atoms with van der Waals surface area (Å²) in [4.78, 5) is 26.5. The van der Waals surface area contributed by atoms with Crippen molar-refractivity contribution in [2.45, 2.75) is 32.4 Å². The highest BCUT2D eigenvalue weighted by atomic mass is 16.2. The van der Waals surface area contributed by atoms with E-state index in [1.54, 1.807) is 4.90 Å². The van der Waals surface area contributed by atoms with Crippen LogP contribution in [-0.2, 0) is 9.59 Å². The lowest BCUT2D eigenvalue weighted by Gasteiger charge is -2.38. The molecule has 4 heteroatoms. The SMILES string of the molecule is C/C=C/CN1C(=O)C(c2ccccc2)NC(=O)C1CC. The summed E-state index contributed by atoms with van der Waals surface area (Å²) in [6, 6.07) is 8.42. The molecule has 2 atom stereocenters. The van der Waals surface area contributed by atoms with E-state index in [4.69, 9.17) is 0 Å². The minimum atomic E-state index is -0.572. The van der Waals surface area contributed by atoms with Gasteiger partial charge in [0.1, 0.15) is 12.1 Å². The van der Waals surface area contributed by atoms with Crippen LogP contribution in [0.15, 0.2) is 42.5 Å². The van der Waals surface area contributed by atoms with Gasteiger partial charge in [0, 0.05) is 6.54 Å². The summed E-state index contributed by atoms with van der Waals surface area (Å²) in [7, 11) is 0. The molecule has 0 saturated carbocycles. The fraction of sp³-hybridized carbons (Fsp3) is 0.375. The predicted molar refractivity (Wildman–Crippen MR) is 77.9 cm³/mol. The van der Waals surface area contributed by atoms with Crippen molar-refractivity contribution in [2.75, 3.05) is 6.54 Å². The van der Waals surface area contributed by atoms with Crippen LogP contribution in [0.2, 0.25) is 0 Å². The van der Waals surface area contributed by atoms with E-state index in [0.717, 1.165) is 5.56 Å². The van der Waals surface area contributed by atoms with Gasteiger partial charge in [0.05, 0.1) is 0 Å². The lowest BCUT2D eigenvalue weighted by Crippen LogP contribution is -2.59. The Morgan fingerprint density at radius 2 is 1.95 bits per heavy atom. The Hall–Kier alpha value is -2.10. The lowest BCUT2D eigenvalue weighted by molar-refractivity contribution is -0.149. The van der Waals surface area contributed by atoms with E-state index in [-0.39, 0.29) is 17.9 Å². The maximum Gasteiger partial charge on any atom is 0.250 e. The average molecular weight is 272 g/mol. The number of benzene rings is 1. The van der Waals surface area contributed by atoms with Crippen molar-refractivity contribution in [3.05, 3.63) is 48.0 Å². The lowest BCUT2D eigenvalue weighted by atomic mass is 9.99. The van der Waals surface area contributed by atoms with Crippen molar-refractivity contribution in [1.82, 2.24) is 10.2 Å². The van der Waals surface area contributed by atoms with Crippen LogP contribution < -0.4 is 5.32 Å². The molecular formula is C16H20N2O2. The smallest absolute Gasteiger partial charge is 0.250 e. The Balaban J connectivity index is 2.29. The third-order valence-electron chi connectivity index (χ3n) is 3.55. The molecule has 0 radical (unpaired) electrons. The highest BCUT2D eigenvalue weighted by molar-refractivity contribution is 5.97. The van der Waals surface area contributed by atoms with Crippen LogP contribution >= 0.6 is 0 Å². The summed E-state index contributed by atoms with van der Waals surface area (Å²) in [6.07, 6.45) is 4.42. The molecule has 1 aliphatic rings.